The highest BCUT2D eigenvalue weighted by Gasteiger charge is 2.36. The molecule has 1 aliphatic carbocycles. The second-order valence-corrected chi connectivity index (χ2v) is 8.22. The Morgan fingerprint density at radius 1 is 1.04 bits per heavy atom. The lowest BCUT2D eigenvalue weighted by atomic mass is 9.77. The first kappa shape index (κ1) is 21.6. The molecule has 3 rings (SSSR count). The Labute approximate surface area is 167 Å². The summed E-state index contributed by atoms with van der Waals surface area (Å²) in [6.45, 7) is 5.01. The van der Waals surface area contributed by atoms with Crippen LogP contribution in [0.25, 0.3) is 0 Å². The van der Waals surface area contributed by atoms with Crippen LogP contribution in [0.3, 0.4) is 0 Å². The second kappa shape index (κ2) is 9.14. The van der Waals surface area contributed by atoms with Crippen molar-refractivity contribution in [3.63, 3.8) is 0 Å². The van der Waals surface area contributed by atoms with Gasteiger partial charge < -0.3 is 9.47 Å². The van der Waals surface area contributed by atoms with E-state index in [1.165, 1.54) is 0 Å². The van der Waals surface area contributed by atoms with Gasteiger partial charge in [0.1, 0.15) is 17.2 Å². The summed E-state index contributed by atoms with van der Waals surface area (Å²) >= 11 is 4.80. The molecule has 156 valence electrons. The molecule has 1 aliphatic heterocycles. The fourth-order valence-corrected chi connectivity index (χ4v) is 4.30. The normalized spacial score (nSPS) is 28.9. The van der Waals surface area contributed by atoms with Crippen molar-refractivity contribution in [3.05, 3.63) is 47.5 Å². The maximum atomic E-state index is 14.0. The van der Waals surface area contributed by atoms with Crippen LogP contribution in [0.4, 0.5) is 17.6 Å². The minimum Gasteiger partial charge on any atom is -0.352 e. The Hall–Kier alpha value is -1.11. The molecular formula is C21H25ClF4O2. The summed E-state index contributed by atoms with van der Waals surface area (Å²) in [5, 5.41) is -4.06. The van der Waals surface area contributed by atoms with E-state index in [-0.39, 0.29) is 18.1 Å². The van der Waals surface area contributed by atoms with Crippen LogP contribution in [0.1, 0.15) is 55.6 Å². The first-order valence-electron chi connectivity index (χ1n) is 9.69. The molecule has 0 aromatic heterocycles. The Morgan fingerprint density at radius 2 is 1.61 bits per heavy atom. The molecule has 1 aromatic rings. The fourth-order valence-electron chi connectivity index (χ4n) is 4.12. The largest absolute Gasteiger partial charge is 0.353 e. The van der Waals surface area contributed by atoms with Gasteiger partial charge in [-0.25, -0.2) is 8.78 Å². The zero-order chi connectivity index (χ0) is 20.3. The molecule has 2 fully saturated rings. The van der Waals surface area contributed by atoms with Gasteiger partial charge in [0.15, 0.2) is 6.29 Å². The van der Waals surface area contributed by atoms with Gasteiger partial charge in [0.25, 0.3) is 0 Å². The van der Waals surface area contributed by atoms with Crippen LogP contribution in [0.15, 0.2) is 24.8 Å². The highest BCUT2D eigenvalue weighted by atomic mass is 35.5. The van der Waals surface area contributed by atoms with E-state index < -0.39 is 22.6 Å². The molecular weight excluding hydrogens is 396 g/mol. The van der Waals surface area contributed by atoms with Gasteiger partial charge in [-0.3, -0.25) is 0 Å². The van der Waals surface area contributed by atoms with Gasteiger partial charge in [-0.1, -0.05) is 6.08 Å². The molecule has 2 nitrogen and oxygen atoms in total. The van der Waals surface area contributed by atoms with E-state index in [9.17, 15) is 17.6 Å². The quantitative estimate of drug-likeness (QED) is 0.298. The third kappa shape index (κ3) is 5.28. The van der Waals surface area contributed by atoms with Crippen molar-refractivity contribution in [2.24, 2.45) is 11.8 Å². The van der Waals surface area contributed by atoms with Gasteiger partial charge in [-0.15, -0.1) is 6.58 Å². The third-order valence-electron chi connectivity index (χ3n) is 5.80. The molecule has 2 aliphatic rings. The lowest BCUT2D eigenvalue weighted by Crippen LogP contribution is -2.31. The monoisotopic (exact) mass is 420 g/mol. The van der Waals surface area contributed by atoms with Gasteiger partial charge in [0.05, 0.1) is 13.2 Å². The van der Waals surface area contributed by atoms with E-state index >= 15 is 0 Å². The summed E-state index contributed by atoms with van der Waals surface area (Å²) in [7, 11) is 0. The van der Waals surface area contributed by atoms with Crippen LogP contribution in [-0.2, 0) is 14.9 Å². The highest BCUT2D eigenvalue weighted by molar-refractivity contribution is 6.21. The average molecular weight is 421 g/mol. The number of hydrogen-bond acceptors (Lipinski definition) is 2. The molecule has 28 heavy (non-hydrogen) atoms. The van der Waals surface area contributed by atoms with Crippen molar-refractivity contribution in [2.45, 2.75) is 56.1 Å². The summed E-state index contributed by atoms with van der Waals surface area (Å²) in [6.07, 6.45) is 6.83. The zero-order valence-corrected chi connectivity index (χ0v) is 16.4. The van der Waals surface area contributed by atoms with Crippen molar-refractivity contribution < 1.29 is 27.0 Å². The van der Waals surface area contributed by atoms with Gasteiger partial charge >= 0.3 is 5.38 Å². The molecule has 1 heterocycles. The van der Waals surface area contributed by atoms with E-state index in [2.05, 4.69) is 6.58 Å². The van der Waals surface area contributed by atoms with Crippen molar-refractivity contribution in [1.29, 1.82) is 0 Å². The lowest BCUT2D eigenvalue weighted by Gasteiger charge is -2.32. The van der Waals surface area contributed by atoms with Crippen LogP contribution in [-0.4, -0.2) is 19.5 Å². The predicted molar refractivity (Wildman–Crippen MR) is 99.4 cm³/mol. The Bertz CT molecular complexity index is 652. The minimum absolute atomic E-state index is 0.0335. The van der Waals surface area contributed by atoms with Crippen LogP contribution in [0.2, 0.25) is 0 Å². The number of ether oxygens (including phenoxy) is 2. The predicted octanol–water partition coefficient (Wildman–Crippen LogP) is 6.48. The summed E-state index contributed by atoms with van der Waals surface area (Å²) < 4.78 is 65.6. The topological polar surface area (TPSA) is 18.5 Å². The minimum atomic E-state index is -4.06. The van der Waals surface area contributed by atoms with Crippen molar-refractivity contribution >= 4 is 11.6 Å². The third-order valence-corrected chi connectivity index (χ3v) is 5.99. The molecule has 1 saturated heterocycles. The standard InChI is InChI=1S/C21H25ClF4O2/c1-2-13-11-27-19(28-12-13)8-5-14-3-6-15(7-4-14)16-9-17(23)20(18(24)10-16)21(22,25)26/h2,9-10,13-15,19H,1,3-8,11-12H2. The number of alkyl halides is 3. The zero-order valence-electron chi connectivity index (χ0n) is 15.6. The molecule has 0 amide bonds. The summed E-state index contributed by atoms with van der Waals surface area (Å²) in [6, 6.07) is 2.00. The molecule has 1 saturated carbocycles. The SMILES string of the molecule is C=CC1COC(CCC2CCC(c3cc(F)c(C(F)(F)Cl)c(F)c3)CC2)OC1. The number of hydrogen-bond donors (Lipinski definition) is 0. The van der Waals surface area contributed by atoms with E-state index in [1.54, 1.807) is 0 Å². The molecule has 0 bridgehead atoms. The number of rotatable bonds is 6. The van der Waals surface area contributed by atoms with Crippen molar-refractivity contribution in [2.75, 3.05) is 13.2 Å². The van der Waals surface area contributed by atoms with Gasteiger partial charge in [0, 0.05) is 5.92 Å². The van der Waals surface area contributed by atoms with Crippen molar-refractivity contribution in [1.82, 2.24) is 0 Å². The first-order chi connectivity index (χ1) is 13.3. The molecule has 7 heteroatoms. The maximum absolute atomic E-state index is 14.0. The van der Waals surface area contributed by atoms with E-state index in [4.69, 9.17) is 21.1 Å². The summed E-state index contributed by atoms with van der Waals surface area (Å²) in [5.74, 6) is -1.86. The second-order valence-electron chi connectivity index (χ2n) is 7.74. The highest BCUT2D eigenvalue weighted by Crippen LogP contribution is 2.41. The number of halogens is 5. The van der Waals surface area contributed by atoms with Crippen molar-refractivity contribution in [3.8, 4) is 0 Å². The smallest absolute Gasteiger partial charge is 0.352 e. The lowest BCUT2D eigenvalue weighted by molar-refractivity contribution is -0.197. The molecule has 0 radical (unpaired) electrons. The van der Waals surface area contributed by atoms with Gasteiger partial charge in [-0.2, -0.15) is 8.78 Å². The first-order valence-corrected chi connectivity index (χ1v) is 10.1. The van der Waals surface area contributed by atoms with Crippen LogP contribution in [0.5, 0.6) is 0 Å². The van der Waals surface area contributed by atoms with Crippen LogP contribution in [0, 0.1) is 23.5 Å². The fraction of sp³-hybridized carbons (Fsp3) is 0.619. The van der Waals surface area contributed by atoms with Crippen LogP contribution >= 0.6 is 11.6 Å². The Kier molecular flexibility index (Phi) is 7.05. The summed E-state index contributed by atoms with van der Waals surface area (Å²) in [5.41, 5.74) is -0.953. The van der Waals surface area contributed by atoms with Gasteiger partial charge in [0.2, 0.25) is 0 Å². The summed E-state index contributed by atoms with van der Waals surface area (Å²) in [4.78, 5) is 0. The maximum Gasteiger partial charge on any atom is 0.353 e. The Morgan fingerprint density at radius 3 is 2.11 bits per heavy atom. The van der Waals surface area contributed by atoms with Gasteiger partial charge in [-0.05, 0) is 79.7 Å². The molecule has 0 spiro atoms. The average Bonchev–Trinajstić information content (AvgIpc) is 2.65. The van der Waals surface area contributed by atoms with E-state index in [0.717, 1.165) is 50.7 Å². The Balaban J connectivity index is 1.50. The molecule has 0 atom stereocenters. The van der Waals surface area contributed by atoms with Crippen LogP contribution < -0.4 is 0 Å². The van der Waals surface area contributed by atoms with E-state index in [1.807, 2.05) is 6.08 Å². The molecule has 0 N–H and O–H groups in total. The molecule has 1 aromatic carbocycles. The van der Waals surface area contributed by atoms with E-state index in [0.29, 0.717) is 24.7 Å². The number of benzene rings is 1. The molecule has 0 unspecified atom stereocenters.